The minimum Gasteiger partial charge on any atom is -0.301 e. The fourth-order valence-electron chi connectivity index (χ4n) is 2.13. The Labute approximate surface area is 127 Å². The van der Waals surface area contributed by atoms with Crippen LogP contribution in [0.1, 0.15) is 11.1 Å². The van der Waals surface area contributed by atoms with Crippen molar-refractivity contribution in [1.82, 2.24) is 14.5 Å². The van der Waals surface area contributed by atoms with Gasteiger partial charge in [-0.2, -0.15) is 23.4 Å². The summed E-state index contributed by atoms with van der Waals surface area (Å²) >= 11 is 5.64. The van der Waals surface area contributed by atoms with E-state index in [1.807, 2.05) is 6.07 Å². The molecule has 3 rings (SSSR count). The summed E-state index contributed by atoms with van der Waals surface area (Å²) in [5.41, 5.74) is -0.0833. The second-order valence-corrected chi connectivity index (χ2v) is 4.78. The van der Waals surface area contributed by atoms with Crippen LogP contribution in [-0.4, -0.2) is 14.5 Å². The van der Waals surface area contributed by atoms with Crippen molar-refractivity contribution >= 4 is 22.5 Å². The number of aromatic nitrogens is 3. The monoisotopic (exact) mass is 322 g/mol. The Kier molecular flexibility index (Phi) is 3.26. The first-order valence-electron chi connectivity index (χ1n) is 6.01. The third-order valence-corrected chi connectivity index (χ3v) is 3.27. The highest BCUT2D eigenvalue weighted by atomic mass is 35.5. The lowest BCUT2D eigenvalue weighted by Gasteiger charge is -2.13. The molecule has 3 aromatic rings. The van der Waals surface area contributed by atoms with Crippen LogP contribution in [0.25, 0.3) is 16.7 Å². The van der Waals surface area contributed by atoms with Crippen LogP contribution < -0.4 is 0 Å². The number of halogens is 4. The zero-order valence-corrected chi connectivity index (χ0v) is 11.5. The molecule has 0 N–H and O–H groups in total. The van der Waals surface area contributed by atoms with Gasteiger partial charge in [-0.05, 0) is 35.9 Å². The SMILES string of the molecule is N#Cc1ccc2c(ccn2-c2nc(Cl)ncc2C(F)(F)F)c1. The zero-order chi connectivity index (χ0) is 15.9. The molecule has 4 nitrogen and oxygen atoms in total. The third kappa shape index (κ3) is 2.38. The lowest BCUT2D eigenvalue weighted by molar-refractivity contribution is -0.137. The Bertz CT molecular complexity index is 909. The van der Waals surface area contributed by atoms with E-state index in [1.165, 1.54) is 16.8 Å². The van der Waals surface area contributed by atoms with Gasteiger partial charge in [0.2, 0.25) is 5.28 Å². The molecule has 22 heavy (non-hydrogen) atoms. The molecule has 0 aliphatic rings. The molecule has 0 saturated heterocycles. The fourth-order valence-corrected chi connectivity index (χ4v) is 2.26. The quantitative estimate of drug-likeness (QED) is 0.637. The predicted octanol–water partition coefficient (Wildman–Crippen LogP) is 3.96. The highest BCUT2D eigenvalue weighted by Gasteiger charge is 2.36. The average Bonchev–Trinajstić information content (AvgIpc) is 2.88. The van der Waals surface area contributed by atoms with Gasteiger partial charge in [-0.15, -0.1) is 0 Å². The van der Waals surface area contributed by atoms with E-state index in [0.717, 1.165) is 0 Å². The summed E-state index contributed by atoms with van der Waals surface area (Å²) in [4.78, 5) is 7.11. The van der Waals surface area contributed by atoms with Crippen molar-refractivity contribution < 1.29 is 13.2 Å². The van der Waals surface area contributed by atoms with E-state index in [2.05, 4.69) is 9.97 Å². The molecule has 0 atom stereocenters. The van der Waals surface area contributed by atoms with Gasteiger partial charge in [-0.25, -0.2) is 4.98 Å². The van der Waals surface area contributed by atoms with Crippen molar-refractivity contribution in [1.29, 1.82) is 5.26 Å². The Balaban J connectivity index is 2.28. The first kappa shape index (κ1) is 14.4. The first-order valence-corrected chi connectivity index (χ1v) is 6.39. The van der Waals surface area contributed by atoms with Crippen LogP contribution in [-0.2, 0) is 6.18 Å². The largest absolute Gasteiger partial charge is 0.421 e. The van der Waals surface area contributed by atoms with Crippen molar-refractivity contribution in [3.8, 4) is 11.9 Å². The molecule has 0 fully saturated rings. The van der Waals surface area contributed by atoms with Crippen LogP contribution in [0, 0.1) is 11.3 Å². The molecule has 0 amide bonds. The standard InChI is InChI=1S/C14H6ClF3N4/c15-13-20-7-10(14(16,17)18)12(21-13)22-4-3-9-5-8(6-19)1-2-11(9)22/h1-5,7H. The molecule has 1 aromatic carbocycles. The van der Waals surface area contributed by atoms with Gasteiger partial charge in [0.05, 0.1) is 17.1 Å². The summed E-state index contributed by atoms with van der Waals surface area (Å²) in [6.07, 6.45) is -2.51. The normalized spacial score (nSPS) is 11.6. The summed E-state index contributed by atoms with van der Waals surface area (Å²) in [7, 11) is 0. The van der Waals surface area contributed by atoms with Crippen molar-refractivity contribution in [3.05, 3.63) is 53.1 Å². The number of nitrogens with zero attached hydrogens (tertiary/aromatic N) is 4. The van der Waals surface area contributed by atoms with Gasteiger partial charge < -0.3 is 4.57 Å². The topological polar surface area (TPSA) is 54.5 Å². The highest BCUT2D eigenvalue weighted by molar-refractivity contribution is 6.28. The van der Waals surface area contributed by atoms with Crippen LogP contribution in [0.2, 0.25) is 5.28 Å². The van der Waals surface area contributed by atoms with Gasteiger partial charge in [-0.3, -0.25) is 0 Å². The summed E-state index contributed by atoms with van der Waals surface area (Å²) in [5.74, 6) is -0.354. The van der Waals surface area contributed by atoms with E-state index in [1.54, 1.807) is 18.2 Å². The molecule has 110 valence electrons. The van der Waals surface area contributed by atoms with E-state index >= 15 is 0 Å². The summed E-state index contributed by atoms with van der Waals surface area (Å²) in [6.45, 7) is 0. The van der Waals surface area contributed by atoms with Gasteiger partial charge in [0.25, 0.3) is 0 Å². The Morgan fingerprint density at radius 3 is 2.68 bits per heavy atom. The van der Waals surface area contributed by atoms with Gasteiger partial charge in [0.1, 0.15) is 5.56 Å². The average molecular weight is 323 g/mol. The van der Waals surface area contributed by atoms with Crippen LogP contribution in [0.5, 0.6) is 0 Å². The van der Waals surface area contributed by atoms with Crippen LogP contribution in [0.4, 0.5) is 13.2 Å². The van der Waals surface area contributed by atoms with E-state index in [-0.39, 0.29) is 11.1 Å². The number of hydrogen-bond acceptors (Lipinski definition) is 3. The molecule has 2 heterocycles. The van der Waals surface area contributed by atoms with Crippen molar-refractivity contribution in [2.75, 3.05) is 0 Å². The van der Waals surface area contributed by atoms with Gasteiger partial charge in [0.15, 0.2) is 5.82 Å². The summed E-state index contributed by atoms with van der Waals surface area (Å²) < 4.78 is 40.6. The van der Waals surface area contributed by atoms with Crippen molar-refractivity contribution in [2.24, 2.45) is 0 Å². The molecular weight excluding hydrogens is 317 g/mol. The van der Waals surface area contributed by atoms with Crippen LogP contribution in [0.3, 0.4) is 0 Å². The number of rotatable bonds is 1. The lowest BCUT2D eigenvalue weighted by atomic mass is 10.2. The molecule has 8 heteroatoms. The van der Waals surface area contributed by atoms with E-state index in [4.69, 9.17) is 16.9 Å². The third-order valence-electron chi connectivity index (χ3n) is 3.09. The van der Waals surface area contributed by atoms with Gasteiger partial charge in [-0.1, -0.05) is 0 Å². The van der Waals surface area contributed by atoms with Crippen molar-refractivity contribution in [2.45, 2.75) is 6.18 Å². The fraction of sp³-hybridized carbons (Fsp3) is 0.0714. The Morgan fingerprint density at radius 1 is 1.23 bits per heavy atom. The van der Waals surface area contributed by atoms with E-state index in [9.17, 15) is 13.2 Å². The molecule has 0 saturated carbocycles. The number of fused-ring (bicyclic) bond motifs is 1. The Morgan fingerprint density at radius 2 is 2.00 bits per heavy atom. The minimum absolute atomic E-state index is 0.279. The number of hydrogen-bond donors (Lipinski definition) is 0. The zero-order valence-electron chi connectivity index (χ0n) is 10.8. The number of alkyl halides is 3. The second kappa shape index (κ2) is 5.00. The maximum atomic E-state index is 13.1. The first-order chi connectivity index (χ1) is 10.4. The molecular formula is C14H6ClF3N4. The number of nitriles is 1. The molecule has 0 spiro atoms. The lowest BCUT2D eigenvalue weighted by Crippen LogP contribution is -2.13. The molecule has 0 aliphatic carbocycles. The van der Waals surface area contributed by atoms with Gasteiger partial charge in [0, 0.05) is 17.8 Å². The van der Waals surface area contributed by atoms with Crippen LogP contribution in [0.15, 0.2) is 36.7 Å². The highest BCUT2D eigenvalue weighted by Crippen LogP contribution is 2.34. The van der Waals surface area contributed by atoms with Gasteiger partial charge >= 0.3 is 6.18 Å². The van der Waals surface area contributed by atoms with E-state index < -0.39 is 11.7 Å². The maximum Gasteiger partial charge on any atom is 0.421 e. The molecule has 0 bridgehead atoms. The summed E-state index contributed by atoms with van der Waals surface area (Å²) in [5, 5.41) is 9.21. The Hall–Kier alpha value is -2.59. The maximum absolute atomic E-state index is 13.1. The molecule has 0 aliphatic heterocycles. The smallest absolute Gasteiger partial charge is 0.301 e. The predicted molar refractivity (Wildman–Crippen MR) is 73.6 cm³/mol. The summed E-state index contributed by atoms with van der Waals surface area (Å²) in [6, 6.07) is 8.25. The molecule has 0 radical (unpaired) electrons. The molecule has 0 unspecified atom stereocenters. The minimum atomic E-state index is -4.61. The number of benzene rings is 1. The molecule has 2 aromatic heterocycles. The second-order valence-electron chi connectivity index (χ2n) is 4.45. The van der Waals surface area contributed by atoms with Crippen LogP contribution >= 0.6 is 11.6 Å². The van der Waals surface area contributed by atoms with Crippen molar-refractivity contribution in [3.63, 3.8) is 0 Å². The van der Waals surface area contributed by atoms with E-state index in [0.29, 0.717) is 22.7 Å².